The van der Waals surface area contributed by atoms with Crippen molar-refractivity contribution in [1.82, 2.24) is 14.1 Å². The average molecular weight is 575 g/mol. The molecule has 1 atom stereocenters. The molecule has 0 radical (unpaired) electrons. The van der Waals surface area contributed by atoms with Gasteiger partial charge in [-0.05, 0) is 54.3 Å². The van der Waals surface area contributed by atoms with E-state index in [2.05, 4.69) is 10.3 Å². The molecule has 5 aromatic rings. The number of halogens is 3. The third kappa shape index (κ3) is 5.05. The van der Waals surface area contributed by atoms with Crippen molar-refractivity contribution < 1.29 is 22.7 Å². The predicted octanol–water partition coefficient (Wildman–Crippen LogP) is 5.34. The van der Waals surface area contributed by atoms with Crippen LogP contribution in [0.3, 0.4) is 0 Å². The number of carbonyl (C=O) groups is 1. The van der Waals surface area contributed by atoms with Gasteiger partial charge in [0.1, 0.15) is 23.1 Å². The van der Waals surface area contributed by atoms with Gasteiger partial charge in [-0.25, -0.2) is 18.0 Å². The minimum atomic E-state index is -0.902. The van der Waals surface area contributed by atoms with E-state index in [-0.39, 0.29) is 33.5 Å². The molecule has 0 amide bonds. The number of aryl methyl sites for hydroxylation is 1. The van der Waals surface area contributed by atoms with Gasteiger partial charge in [0, 0.05) is 55.4 Å². The highest BCUT2D eigenvalue weighted by molar-refractivity contribution is 5.96. The van der Waals surface area contributed by atoms with Crippen LogP contribution in [-0.2, 0) is 18.8 Å². The molecule has 3 aromatic heterocycles. The van der Waals surface area contributed by atoms with Gasteiger partial charge in [-0.1, -0.05) is 12.1 Å². The molecule has 0 spiro atoms. The monoisotopic (exact) mass is 574 g/mol. The quantitative estimate of drug-likeness (QED) is 0.275. The fraction of sp³-hybridized carbons (Fsp3) is 0.161. The number of hydrogen-bond acceptors (Lipinski definition) is 6. The van der Waals surface area contributed by atoms with Gasteiger partial charge in [-0.3, -0.25) is 14.6 Å². The molecular weight excluding hydrogens is 549 g/mol. The summed E-state index contributed by atoms with van der Waals surface area (Å²) in [4.78, 5) is 41.7. The first kappa shape index (κ1) is 28.3. The molecular formula is C31H25F3N4O4. The maximum Gasteiger partial charge on any atom is 0.339 e. The predicted molar refractivity (Wildman–Crippen MR) is 153 cm³/mol. The van der Waals surface area contributed by atoms with Crippen LogP contribution in [-0.4, -0.2) is 27.2 Å². The van der Waals surface area contributed by atoms with Crippen LogP contribution in [0.2, 0.25) is 0 Å². The fourth-order valence-electron chi connectivity index (χ4n) is 4.90. The highest BCUT2D eigenvalue weighted by atomic mass is 19.1. The number of esters is 1. The molecule has 8 nitrogen and oxygen atoms in total. The van der Waals surface area contributed by atoms with Gasteiger partial charge in [0.15, 0.2) is 0 Å². The van der Waals surface area contributed by atoms with E-state index in [9.17, 15) is 23.2 Å². The van der Waals surface area contributed by atoms with E-state index in [1.165, 1.54) is 38.0 Å². The molecule has 0 unspecified atom stereocenters. The number of para-hydroxylation sites is 1. The molecule has 3 heterocycles. The largest absolute Gasteiger partial charge is 0.465 e. The standard InChI is InChI=1S/C31H25F3N4O4/c1-16(36-26-8-6-5-7-19(26)31(41)42-4)20-10-18(32)11-22-21(20)12-27(38(3)30(22)40)17-9-24(33)29(35-14-17)23-13-28(39)37(2)15-25(23)34/h5-16,36H,1-4H3/t16-/m1/s1. The zero-order valence-electron chi connectivity index (χ0n) is 23.0. The van der Waals surface area contributed by atoms with E-state index in [1.807, 2.05) is 0 Å². The number of hydrogen-bond donors (Lipinski definition) is 1. The van der Waals surface area contributed by atoms with Gasteiger partial charge >= 0.3 is 5.97 Å². The van der Waals surface area contributed by atoms with Crippen LogP contribution < -0.4 is 16.4 Å². The summed E-state index contributed by atoms with van der Waals surface area (Å²) < 4.78 is 51.7. The van der Waals surface area contributed by atoms with Crippen LogP contribution in [0.25, 0.3) is 33.3 Å². The second-order valence-corrected chi connectivity index (χ2v) is 9.79. The summed E-state index contributed by atoms with van der Waals surface area (Å²) in [6.07, 6.45) is 2.21. The van der Waals surface area contributed by atoms with Crippen molar-refractivity contribution in [3.8, 4) is 22.5 Å². The van der Waals surface area contributed by atoms with Crippen molar-refractivity contribution in [2.45, 2.75) is 13.0 Å². The highest BCUT2D eigenvalue weighted by Gasteiger charge is 2.20. The van der Waals surface area contributed by atoms with Crippen LogP contribution in [0, 0.1) is 17.5 Å². The lowest BCUT2D eigenvalue weighted by Crippen LogP contribution is -2.20. The Morgan fingerprint density at radius 3 is 2.43 bits per heavy atom. The van der Waals surface area contributed by atoms with Crippen molar-refractivity contribution in [2.75, 3.05) is 12.4 Å². The van der Waals surface area contributed by atoms with Crippen LogP contribution in [0.1, 0.15) is 28.9 Å². The van der Waals surface area contributed by atoms with E-state index in [1.54, 1.807) is 37.3 Å². The van der Waals surface area contributed by atoms with Crippen molar-refractivity contribution >= 4 is 22.4 Å². The van der Waals surface area contributed by atoms with Crippen molar-refractivity contribution in [3.63, 3.8) is 0 Å². The maximum atomic E-state index is 15.3. The number of methoxy groups -OCH3 is 1. The first-order valence-electron chi connectivity index (χ1n) is 12.8. The van der Waals surface area contributed by atoms with Crippen LogP contribution in [0.4, 0.5) is 18.9 Å². The normalized spacial score (nSPS) is 11.9. The summed E-state index contributed by atoms with van der Waals surface area (Å²) in [7, 11) is 4.10. The van der Waals surface area contributed by atoms with Crippen molar-refractivity contribution in [1.29, 1.82) is 0 Å². The molecule has 5 rings (SSSR count). The third-order valence-electron chi connectivity index (χ3n) is 7.10. The molecule has 0 bridgehead atoms. The number of fused-ring (bicyclic) bond motifs is 1. The Bertz CT molecular complexity index is 2000. The summed E-state index contributed by atoms with van der Waals surface area (Å²) in [6.45, 7) is 1.74. The van der Waals surface area contributed by atoms with Crippen LogP contribution >= 0.6 is 0 Å². The van der Waals surface area contributed by atoms with Gasteiger partial charge in [-0.15, -0.1) is 0 Å². The molecule has 0 saturated heterocycles. The zero-order valence-corrected chi connectivity index (χ0v) is 23.0. The van der Waals surface area contributed by atoms with E-state index >= 15 is 4.39 Å². The van der Waals surface area contributed by atoms with E-state index in [0.29, 0.717) is 16.6 Å². The Balaban J connectivity index is 1.63. The van der Waals surface area contributed by atoms with Gasteiger partial charge < -0.3 is 19.2 Å². The Kier molecular flexibility index (Phi) is 7.42. The number of benzene rings is 2. The van der Waals surface area contributed by atoms with Crippen LogP contribution in [0.5, 0.6) is 0 Å². The van der Waals surface area contributed by atoms with Crippen molar-refractivity contribution in [3.05, 3.63) is 116 Å². The lowest BCUT2D eigenvalue weighted by Gasteiger charge is -2.21. The summed E-state index contributed by atoms with van der Waals surface area (Å²) in [5.41, 5.74) is -0.113. The number of pyridine rings is 3. The van der Waals surface area contributed by atoms with E-state index in [0.717, 1.165) is 29.0 Å². The number of ether oxygens (including phenoxy) is 1. The van der Waals surface area contributed by atoms with Gasteiger partial charge in [-0.2, -0.15) is 0 Å². The lowest BCUT2D eigenvalue weighted by atomic mass is 9.97. The summed E-state index contributed by atoms with van der Waals surface area (Å²) in [5.74, 6) is -2.91. The Morgan fingerprint density at radius 1 is 0.976 bits per heavy atom. The molecule has 2 aromatic carbocycles. The topological polar surface area (TPSA) is 95.2 Å². The summed E-state index contributed by atoms with van der Waals surface area (Å²) >= 11 is 0. The van der Waals surface area contributed by atoms with Gasteiger partial charge in [0.25, 0.3) is 11.1 Å². The first-order chi connectivity index (χ1) is 20.0. The third-order valence-corrected chi connectivity index (χ3v) is 7.10. The Morgan fingerprint density at radius 2 is 1.71 bits per heavy atom. The molecule has 214 valence electrons. The molecule has 0 aliphatic carbocycles. The molecule has 0 fully saturated rings. The minimum Gasteiger partial charge on any atom is -0.465 e. The van der Waals surface area contributed by atoms with Crippen molar-refractivity contribution in [2.24, 2.45) is 14.1 Å². The zero-order chi connectivity index (χ0) is 30.3. The smallest absolute Gasteiger partial charge is 0.339 e. The second kappa shape index (κ2) is 11.0. The number of aromatic nitrogens is 3. The number of rotatable bonds is 6. The molecule has 1 N–H and O–H groups in total. The van der Waals surface area contributed by atoms with Crippen LogP contribution in [0.15, 0.2) is 76.6 Å². The maximum absolute atomic E-state index is 15.3. The Labute approximate surface area is 237 Å². The molecule has 0 aliphatic rings. The second-order valence-electron chi connectivity index (χ2n) is 9.79. The molecule has 0 saturated carbocycles. The average Bonchev–Trinajstić information content (AvgIpc) is 2.96. The number of nitrogens with zero attached hydrogens (tertiary/aromatic N) is 3. The minimum absolute atomic E-state index is 0.0957. The molecule has 42 heavy (non-hydrogen) atoms. The summed E-state index contributed by atoms with van der Waals surface area (Å²) in [6, 6.07) is 12.2. The number of anilines is 1. The molecule has 11 heteroatoms. The van der Waals surface area contributed by atoms with Gasteiger partial charge in [0.2, 0.25) is 0 Å². The summed E-state index contributed by atoms with van der Waals surface area (Å²) in [5, 5.41) is 3.68. The number of nitrogens with one attached hydrogen (secondary N) is 1. The van der Waals surface area contributed by atoms with E-state index < -0.39 is 40.6 Å². The fourth-order valence-corrected chi connectivity index (χ4v) is 4.90. The van der Waals surface area contributed by atoms with Gasteiger partial charge in [0.05, 0.1) is 23.8 Å². The Hall–Kier alpha value is -5.19. The SMILES string of the molecule is COC(=O)c1ccccc1N[C@H](C)c1cc(F)cc2c(=O)n(C)c(-c3cnc(-c4cc(=O)n(C)cc4F)c(F)c3)cc12. The highest BCUT2D eigenvalue weighted by Crippen LogP contribution is 2.32. The van der Waals surface area contributed by atoms with E-state index in [4.69, 9.17) is 4.74 Å². The first-order valence-corrected chi connectivity index (χ1v) is 12.8. The number of carbonyl (C=O) groups excluding carboxylic acids is 1. The lowest BCUT2D eigenvalue weighted by molar-refractivity contribution is 0.0601. The molecule has 0 aliphatic heterocycles.